The Morgan fingerprint density at radius 3 is 1.65 bits per heavy atom. The van der Waals surface area contributed by atoms with Crippen LogP contribution in [0.1, 0.15) is 85.5 Å². The minimum absolute atomic E-state index is 0.0208. The number of phenols is 1. The molecular weight excluding hydrogens is 472 g/mol. The number of carbonyl (C=O) groups excluding carboxylic acids is 1. The average Bonchev–Trinajstić information content (AvgIpc) is 2.78. The van der Waals surface area contributed by atoms with E-state index in [-0.39, 0.29) is 12.2 Å². The number of β-lactam (4-membered cyclic amide) rings is 1. The summed E-state index contributed by atoms with van der Waals surface area (Å²) in [4.78, 5) is 11.7. The second kappa shape index (κ2) is 15.7. The van der Waals surface area contributed by atoms with Gasteiger partial charge in [-0.15, -0.1) is 0 Å². The third-order valence-corrected chi connectivity index (χ3v) is 8.42. The van der Waals surface area contributed by atoms with Crippen molar-refractivity contribution in [2.45, 2.75) is 95.8 Å². The fraction of sp³-hybridized carbons (Fsp3) is 0.720. The quantitative estimate of drug-likeness (QED) is 0.188. The summed E-state index contributed by atoms with van der Waals surface area (Å²) in [7, 11) is -4.73. The highest BCUT2D eigenvalue weighted by Crippen LogP contribution is 2.36. The predicted molar refractivity (Wildman–Crippen MR) is 138 cm³/mol. The van der Waals surface area contributed by atoms with Crippen molar-refractivity contribution in [3.63, 3.8) is 0 Å². The number of benzene rings is 1. The van der Waals surface area contributed by atoms with E-state index in [0.29, 0.717) is 9.20 Å². The zero-order chi connectivity index (χ0) is 25.6. The third-order valence-electron chi connectivity index (χ3n) is 6.15. The lowest BCUT2D eigenvalue weighted by atomic mass is 10.1. The van der Waals surface area contributed by atoms with E-state index in [1.165, 1.54) is 94.2 Å². The zero-order valence-corrected chi connectivity index (χ0v) is 23.0. The predicted octanol–water partition coefficient (Wildman–Crippen LogP) is 5.51. The van der Waals surface area contributed by atoms with E-state index in [2.05, 4.69) is 27.7 Å². The highest BCUT2D eigenvalue weighted by molar-refractivity contribution is 8.00. The summed E-state index contributed by atoms with van der Waals surface area (Å²) in [6.07, 6.45) is 11.1. The number of thioether (sulfide) groups is 1. The minimum atomic E-state index is -4.73. The molecule has 9 heteroatoms. The molecule has 0 radical (unpaired) electrons. The van der Waals surface area contributed by atoms with E-state index in [0.717, 1.165) is 11.8 Å². The molecule has 7 nitrogen and oxygen atoms in total. The Labute approximate surface area is 211 Å². The molecule has 2 rings (SSSR count). The molecule has 1 fully saturated rings. The molecule has 1 amide bonds. The largest absolute Gasteiger partial charge is 0.731 e. The van der Waals surface area contributed by atoms with E-state index >= 15 is 0 Å². The monoisotopic (exact) mass is 516 g/mol. The standard InChI is InChI=1S/C16H36N.C9H9NO5S2/c1-5-9-13-17(14-10-6-2,15-11-7-3)16-12-8-4;11-6-1-3-7(4-2-6)16-9-5-8(12)10(9)17(13,14)15/h5-16H2,1-4H3;1-4,9,11H,5H2,(H,13,14,15)/q+1;/p-1. The van der Waals surface area contributed by atoms with Crippen molar-refractivity contribution >= 4 is 28.0 Å². The first-order valence-electron chi connectivity index (χ1n) is 12.7. The van der Waals surface area contributed by atoms with Gasteiger partial charge in [0.15, 0.2) is 10.3 Å². The summed E-state index contributed by atoms with van der Waals surface area (Å²) in [6.45, 7) is 15.0. The highest BCUT2D eigenvalue weighted by atomic mass is 32.2. The number of phenolic OH excluding ortho intramolecular Hbond substituents is 1. The molecule has 1 unspecified atom stereocenters. The van der Waals surface area contributed by atoms with Gasteiger partial charge in [-0.05, 0) is 49.9 Å². The van der Waals surface area contributed by atoms with Gasteiger partial charge in [-0.1, -0.05) is 65.1 Å². The first-order chi connectivity index (χ1) is 16.1. The molecule has 1 saturated heterocycles. The molecule has 0 bridgehead atoms. The lowest BCUT2D eigenvalue weighted by molar-refractivity contribution is -0.929. The molecule has 0 aliphatic carbocycles. The Bertz CT molecular complexity index is 778. The van der Waals surface area contributed by atoms with Crippen LogP contribution in [0, 0.1) is 0 Å². The molecule has 1 aromatic carbocycles. The molecule has 196 valence electrons. The topological polar surface area (TPSA) is 97.7 Å². The van der Waals surface area contributed by atoms with Crippen LogP contribution < -0.4 is 0 Å². The SMILES string of the molecule is CCCC[N+](CCCC)(CCCC)CCCC.O=C1CC(Sc2ccc(O)cc2)N1S(=O)(=O)[O-]. The van der Waals surface area contributed by atoms with E-state index in [9.17, 15) is 17.8 Å². The van der Waals surface area contributed by atoms with Gasteiger partial charge in [0.05, 0.1) is 32.6 Å². The maximum absolute atomic E-state index is 11.0. The number of amides is 1. The molecule has 1 atom stereocenters. The fourth-order valence-electron chi connectivity index (χ4n) is 4.06. The van der Waals surface area contributed by atoms with Crippen LogP contribution in [0.2, 0.25) is 0 Å². The van der Waals surface area contributed by atoms with Gasteiger partial charge < -0.3 is 14.1 Å². The highest BCUT2D eigenvalue weighted by Gasteiger charge is 2.41. The van der Waals surface area contributed by atoms with Crippen molar-refractivity contribution in [2.75, 3.05) is 26.2 Å². The van der Waals surface area contributed by atoms with Crippen LogP contribution >= 0.6 is 11.8 Å². The molecule has 0 spiro atoms. The Kier molecular flexibility index (Phi) is 14.2. The van der Waals surface area contributed by atoms with Crippen molar-refractivity contribution in [3.8, 4) is 5.75 Å². The Balaban J connectivity index is 0.000000340. The molecular formula is C25H44N2O5S2. The maximum atomic E-state index is 11.0. The van der Waals surface area contributed by atoms with E-state index in [1.54, 1.807) is 12.1 Å². The number of carbonyl (C=O) groups is 1. The van der Waals surface area contributed by atoms with Crippen LogP contribution in [0.5, 0.6) is 5.75 Å². The van der Waals surface area contributed by atoms with Gasteiger partial charge in [-0.25, -0.2) is 12.7 Å². The molecule has 1 N–H and O–H groups in total. The van der Waals surface area contributed by atoms with Crippen molar-refractivity contribution in [2.24, 2.45) is 0 Å². The molecule has 0 saturated carbocycles. The summed E-state index contributed by atoms with van der Waals surface area (Å²) >= 11 is 1.09. The first kappa shape index (κ1) is 30.7. The molecule has 1 aliphatic heterocycles. The molecule has 1 heterocycles. The lowest BCUT2D eigenvalue weighted by Gasteiger charge is -2.40. The second-order valence-corrected chi connectivity index (χ2v) is 11.6. The zero-order valence-electron chi connectivity index (χ0n) is 21.4. The van der Waals surface area contributed by atoms with Gasteiger partial charge in [0.1, 0.15) is 11.1 Å². The molecule has 1 aromatic rings. The minimum Gasteiger partial charge on any atom is -0.731 e. The van der Waals surface area contributed by atoms with Gasteiger partial charge in [0.2, 0.25) is 5.91 Å². The smallest absolute Gasteiger partial charge is 0.239 e. The van der Waals surface area contributed by atoms with Gasteiger partial charge >= 0.3 is 0 Å². The summed E-state index contributed by atoms with van der Waals surface area (Å²) < 4.78 is 34.1. The second-order valence-electron chi connectivity index (χ2n) is 9.07. The summed E-state index contributed by atoms with van der Waals surface area (Å²) in [5.74, 6) is -0.594. The fourth-order valence-corrected chi connectivity index (χ4v) is 6.23. The van der Waals surface area contributed by atoms with Gasteiger partial charge in [0, 0.05) is 4.90 Å². The number of unbranched alkanes of at least 4 members (excludes halogenated alkanes) is 4. The van der Waals surface area contributed by atoms with Crippen LogP contribution in [0.25, 0.3) is 0 Å². The van der Waals surface area contributed by atoms with Gasteiger partial charge in [-0.2, -0.15) is 0 Å². The number of quaternary nitrogens is 1. The molecule has 34 heavy (non-hydrogen) atoms. The van der Waals surface area contributed by atoms with Crippen molar-refractivity contribution in [1.82, 2.24) is 4.31 Å². The maximum Gasteiger partial charge on any atom is 0.239 e. The Morgan fingerprint density at radius 2 is 1.32 bits per heavy atom. The van der Waals surface area contributed by atoms with Crippen LogP contribution in [-0.2, 0) is 15.1 Å². The Hall–Kier alpha value is -1.29. The van der Waals surface area contributed by atoms with Gasteiger partial charge in [-0.3, -0.25) is 4.79 Å². The summed E-state index contributed by atoms with van der Waals surface area (Å²) in [6, 6.07) is 6.05. The van der Waals surface area contributed by atoms with Crippen molar-refractivity contribution in [3.05, 3.63) is 24.3 Å². The van der Waals surface area contributed by atoms with E-state index in [4.69, 9.17) is 5.11 Å². The molecule has 0 aromatic heterocycles. The van der Waals surface area contributed by atoms with Crippen LogP contribution in [0.3, 0.4) is 0 Å². The van der Waals surface area contributed by atoms with E-state index in [1.807, 2.05) is 0 Å². The van der Waals surface area contributed by atoms with Crippen molar-refractivity contribution in [1.29, 1.82) is 0 Å². The first-order valence-corrected chi connectivity index (χ1v) is 15.0. The van der Waals surface area contributed by atoms with Crippen molar-refractivity contribution < 1.29 is 27.4 Å². The van der Waals surface area contributed by atoms with Crippen LogP contribution in [-0.4, -0.2) is 64.3 Å². The number of hydrogen-bond donors (Lipinski definition) is 1. The summed E-state index contributed by atoms with van der Waals surface area (Å²) in [5, 5.41) is 8.38. The average molecular weight is 517 g/mol. The lowest BCUT2D eigenvalue weighted by Crippen LogP contribution is -2.53. The third kappa shape index (κ3) is 10.5. The molecule has 1 aliphatic rings. The van der Waals surface area contributed by atoms with Crippen LogP contribution in [0.4, 0.5) is 0 Å². The summed E-state index contributed by atoms with van der Waals surface area (Å²) in [5.41, 5.74) is 0. The van der Waals surface area contributed by atoms with Gasteiger partial charge in [0.25, 0.3) is 0 Å². The Morgan fingerprint density at radius 1 is 0.912 bits per heavy atom. The normalized spacial score (nSPS) is 16.1. The number of hydrogen-bond acceptors (Lipinski definition) is 6. The van der Waals surface area contributed by atoms with Crippen LogP contribution in [0.15, 0.2) is 29.2 Å². The number of nitrogens with zero attached hydrogens (tertiary/aromatic N) is 2. The number of aromatic hydroxyl groups is 1. The van der Waals surface area contributed by atoms with E-state index < -0.39 is 21.6 Å². The number of rotatable bonds is 15.